The average Bonchev–Trinajstić information content (AvgIpc) is 2.75. The van der Waals surface area contributed by atoms with E-state index in [1.807, 2.05) is 21.6 Å². The van der Waals surface area contributed by atoms with Crippen LogP contribution in [0.15, 0.2) is 0 Å². The molecule has 0 rings (SSSR count). The van der Waals surface area contributed by atoms with Gasteiger partial charge >= 0.3 is 0 Å². The van der Waals surface area contributed by atoms with Crippen LogP contribution in [0.25, 0.3) is 0 Å². The monoisotopic (exact) mass is 498 g/mol. The Kier molecular flexibility index (Phi) is 21.2. The van der Waals surface area contributed by atoms with Gasteiger partial charge in [0.1, 0.15) is 10.8 Å². The fourth-order valence-corrected chi connectivity index (χ4v) is 9.61. The SMILES string of the molecule is CCCOC(CCSSCCC(OCCC)(OCCC)[SiH2]CC)(OCCC)[SiH2]CC. The molecule has 0 atom stereocenters. The molecule has 0 unspecified atom stereocenters. The van der Waals surface area contributed by atoms with Crippen molar-refractivity contribution in [2.24, 2.45) is 0 Å². The van der Waals surface area contributed by atoms with E-state index >= 15 is 0 Å². The maximum absolute atomic E-state index is 6.29. The molecule has 0 amide bonds. The minimum absolute atomic E-state index is 0.262. The highest BCUT2D eigenvalue weighted by Crippen LogP contribution is 2.31. The highest BCUT2D eigenvalue weighted by molar-refractivity contribution is 8.76. The van der Waals surface area contributed by atoms with Gasteiger partial charge in [0.05, 0.1) is 19.0 Å². The Labute approximate surface area is 200 Å². The van der Waals surface area contributed by atoms with Crippen molar-refractivity contribution in [3.8, 4) is 0 Å². The maximum Gasteiger partial charge on any atom is 0.145 e. The van der Waals surface area contributed by atoms with Crippen LogP contribution in [-0.2, 0) is 18.9 Å². The van der Waals surface area contributed by atoms with Crippen molar-refractivity contribution in [2.45, 2.75) is 103 Å². The van der Waals surface area contributed by atoms with Crippen LogP contribution in [0.2, 0.25) is 12.1 Å². The molecule has 0 aromatic heterocycles. The Balaban J connectivity index is 4.59. The van der Waals surface area contributed by atoms with E-state index in [0.29, 0.717) is 0 Å². The first-order valence-electron chi connectivity index (χ1n) is 12.4. The summed E-state index contributed by atoms with van der Waals surface area (Å²) in [5.41, 5.74) is -0.524. The largest absolute Gasteiger partial charge is 0.354 e. The van der Waals surface area contributed by atoms with Crippen molar-refractivity contribution in [2.75, 3.05) is 37.9 Å². The summed E-state index contributed by atoms with van der Waals surface area (Å²) >= 11 is 0. The number of hydrogen-bond donors (Lipinski definition) is 0. The third-order valence-corrected chi connectivity index (χ3v) is 11.2. The molecule has 0 aliphatic heterocycles. The molecule has 0 N–H and O–H groups in total. The third-order valence-electron chi connectivity index (χ3n) is 4.75. The van der Waals surface area contributed by atoms with Gasteiger partial charge in [-0.3, -0.25) is 0 Å². The fourth-order valence-electron chi connectivity index (χ4n) is 3.34. The van der Waals surface area contributed by atoms with E-state index in [-0.39, 0.29) is 10.8 Å². The van der Waals surface area contributed by atoms with Gasteiger partial charge in [0.2, 0.25) is 0 Å². The first-order valence-corrected chi connectivity index (χ1v) is 18.3. The van der Waals surface area contributed by atoms with Gasteiger partial charge in [-0.1, -0.05) is 75.2 Å². The Bertz CT molecular complexity index is 329. The van der Waals surface area contributed by atoms with Crippen LogP contribution in [-0.4, -0.2) is 67.8 Å². The Morgan fingerprint density at radius 2 is 0.833 bits per heavy atom. The Morgan fingerprint density at radius 1 is 0.533 bits per heavy atom. The zero-order valence-corrected chi connectivity index (χ0v) is 25.2. The molecule has 0 saturated heterocycles. The molecule has 0 aromatic carbocycles. The summed E-state index contributed by atoms with van der Waals surface area (Å²) in [6, 6.07) is 2.44. The number of hydrogen-bond acceptors (Lipinski definition) is 6. The standard InChI is InChI=1S/C22H50O4S2Si2/c1-7-15-23-21(29-11-5,24-16-8-2)13-19-27-28-20-14-22(30-12-6,25-17-9-3)26-18-10-4/h7-20,29-30H2,1-6H3. The summed E-state index contributed by atoms with van der Waals surface area (Å²) in [5.74, 6) is 2.16. The summed E-state index contributed by atoms with van der Waals surface area (Å²) in [4.78, 5) is 0. The lowest BCUT2D eigenvalue weighted by atomic mass is 10.4. The normalized spacial score (nSPS) is 13.4. The smallest absolute Gasteiger partial charge is 0.145 e. The molecule has 0 aromatic rings. The highest BCUT2D eigenvalue weighted by Gasteiger charge is 2.32. The van der Waals surface area contributed by atoms with Crippen LogP contribution in [0.4, 0.5) is 0 Å². The molecular formula is C22H50O4S2Si2. The van der Waals surface area contributed by atoms with Gasteiger partial charge in [-0.05, 0) is 25.7 Å². The molecular weight excluding hydrogens is 449 g/mol. The predicted octanol–water partition coefficient (Wildman–Crippen LogP) is 5.38. The molecule has 0 radical (unpaired) electrons. The quantitative estimate of drug-likeness (QED) is 0.0815. The van der Waals surface area contributed by atoms with Crippen molar-refractivity contribution in [3.05, 3.63) is 0 Å². The summed E-state index contributed by atoms with van der Waals surface area (Å²) in [6.07, 6.45) is 6.23. The summed E-state index contributed by atoms with van der Waals surface area (Å²) in [5, 5.41) is 0. The van der Waals surface area contributed by atoms with Crippen molar-refractivity contribution >= 4 is 40.6 Å². The molecule has 4 nitrogen and oxygen atoms in total. The minimum atomic E-state index is -0.401. The molecule has 0 spiro atoms. The third kappa shape index (κ3) is 14.2. The van der Waals surface area contributed by atoms with Crippen molar-refractivity contribution < 1.29 is 18.9 Å². The summed E-state index contributed by atoms with van der Waals surface area (Å²) in [7, 11) is 3.12. The maximum atomic E-state index is 6.29. The van der Waals surface area contributed by atoms with Crippen molar-refractivity contribution in [3.63, 3.8) is 0 Å². The zero-order chi connectivity index (χ0) is 22.6. The molecule has 8 heteroatoms. The summed E-state index contributed by atoms with van der Waals surface area (Å²) in [6.45, 7) is 16.5. The molecule has 0 bridgehead atoms. The topological polar surface area (TPSA) is 36.9 Å². The highest BCUT2D eigenvalue weighted by atomic mass is 33.1. The van der Waals surface area contributed by atoms with Gasteiger partial charge in [0.15, 0.2) is 0 Å². The first kappa shape index (κ1) is 31.0. The van der Waals surface area contributed by atoms with Crippen molar-refractivity contribution in [1.29, 1.82) is 0 Å². The second-order valence-electron chi connectivity index (χ2n) is 7.86. The summed E-state index contributed by atoms with van der Waals surface area (Å²) < 4.78 is 25.1. The minimum Gasteiger partial charge on any atom is -0.354 e. The average molecular weight is 499 g/mol. The molecule has 0 aliphatic carbocycles. The van der Waals surface area contributed by atoms with E-state index in [1.54, 1.807) is 0 Å². The van der Waals surface area contributed by atoms with Gasteiger partial charge in [0.25, 0.3) is 0 Å². The molecule has 0 aliphatic rings. The van der Waals surface area contributed by atoms with Gasteiger partial charge < -0.3 is 18.9 Å². The van der Waals surface area contributed by atoms with Crippen LogP contribution in [0.5, 0.6) is 0 Å². The molecule has 182 valence electrons. The zero-order valence-electron chi connectivity index (χ0n) is 20.8. The second kappa shape index (κ2) is 20.6. The predicted molar refractivity (Wildman–Crippen MR) is 143 cm³/mol. The van der Waals surface area contributed by atoms with E-state index in [4.69, 9.17) is 18.9 Å². The van der Waals surface area contributed by atoms with Crippen molar-refractivity contribution in [1.82, 2.24) is 0 Å². The molecule has 0 heterocycles. The lowest BCUT2D eigenvalue weighted by Crippen LogP contribution is -2.43. The first-order chi connectivity index (χ1) is 14.6. The fraction of sp³-hybridized carbons (Fsp3) is 1.00. The van der Waals surface area contributed by atoms with E-state index in [2.05, 4.69) is 41.5 Å². The molecule has 0 saturated carbocycles. The molecule has 30 heavy (non-hydrogen) atoms. The number of rotatable bonds is 23. The van der Waals surface area contributed by atoms with E-state index in [1.165, 1.54) is 12.1 Å². The second-order valence-corrected chi connectivity index (χ2v) is 15.7. The van der Waals surface area contributed by atoms with Crippen LogP contribution in [0.1, 0.15) is 80.1 Å². The Hall–Kier alpha value is 0.974. The molecule has 0 fully saturated rings. The van der Waals surface area contributed by atoms with Gasteiger partial charge in [-0.15, -0.1) is 0 Å². The van der Waals surface area contributed by atoms with Gasteiger partial charge in [-0.2, -0.15) is 0 Å². The van der Waals surface area contributed by atoms with Crippen LogP contribution in [0, 0.1) is 0 Å². The van der Waals surface area contributed by atoms with E-state index in [0.717, 1.165) is 76.5 Å². The van der Waals surface area contributed by atoms with E-state index < -0.39 is 19.0 Å². The van der Waals surface area contributed by atoms with Crippen LogP contribution < -0.4 is 0 Å². The Morgan fingerprint density at radius 3 is 1.07 bits per heavy atom. The number of ether oxygens (including phenoxy) is 4. The van der Waals surface area contributed by atoms with Crippen LogP contribution in [0.3, 0.4) is 0 Å². The van der Waals surface area contributed by atoms with Gasteiger partial charge in [0, 0.05) is 50.8 Å². The van der Waals surface area contributed by atoms with E-state index in [9.17, 15) is 0 Å². The van der Waals surface area contributed by atoms with Gasteiger partial charge in [-0.25, -0.2) is 0 Å². The lowest BCUT2D eigenvalue weighted by molar-refractivity contribution is -0.182. The van der Waals surface area contributed by atoms with Crippen LogP contribution >= 0.6 is 21.6 Å². The lowest BCUT2D eigenvalue weighted by Gasteiger charge is -2.34.